The first-order valence-corrected chi connectivity index (χ1v) is 8.98. The fourth-order valence-electron chi connectivity index (χ4n) is 2.90. The van der Waals surface area contributed by atoms with Gasteiger partial charge in [0.25, 0.3) is 5.91 Å². The number of nitrogens with one attached hydrogen (secondary N) is 2. The molecule has 0 aliphatic heterocycles. The van der Waals surface area contributed by atoms with Crippen molar-refractivity contribution in [1.29, 1.82) is 5.26 Å². The number of allylic oxidation sites excluding steroid dienone is 1. The number of carbonyl (C=O) groups excluding carboxylic acids is 1. The molecule has 2 aromatic heterocycles. The lowest BCUT2D eigenvalue weighted by atomic mass is 10.1. The molecule has 0 bridgehead atoms. The number of pyridine rings is 1. The summed E-state index contributed by atoms with van der Waals surface area (Å²) in [6.45, 7) is 1.84. The number of aliphatic imine (C=N–C) groups is 1. The molecule has 3 aromatic rings. The standard InChI is InChI=1S/C22H20N6O/c1-15(18-6-2-3-8-20(18)25-11-5-9-23)28-22(29)16(13-24)12-17-14-27-21-19(17)7-4-10-26-21/h2-12,14-15H,23H2,1H3,(H,26,27)(H,28,29)/b9-5?,16-12+,25-11?. The summed E-state index contributed by atoms with van der Waals surface area (Å²) < 4.78 is 0. The first kappa shape index (κ1) is 19.6. The molecule has 0 aliphatic carbocycles. The number of fused-ring (bicyclic) bond motifs is 1. The minimum atomic E-state index is -0.459. The van der Waals surface area contributed by atoms with Gasteiger partial charge in [0.05, 0.1) is 11.7 Å². The molecule has 1 aromatic carbocycles. The Kier molecular flexibility index (Phi) is 6.18. The molecule has 29 heavy (non-hydrogen) atoms. The molecule has 0 spiro atoms. The number of hydrogen-bond acceptors (Lipinski definition) is 5. The zero-order valence-corrected chi connectivity index (χ0v) is 15.8. The minimum Gasteiger partial charge on any atom is -0.405 e. The fraction of sp³-hybridized carbons (Fsp3) is 0.0909. The Morgan fingerprint density at radius 3 is 2.97 bits per heavy atom. The maximum atomic E-state index is 12.7. The predicted molar refractivity (Wildman–Crippen MR) is 114 cm³/mol. The number of nitrogens with zero attached hydrogens (tertiary/aromatic N) is 3. The van der Waals surface area contributed by atoms with Crippen LogP contribution in [-0.4, -0.2) is 22.1 Å². The Labute approximate surface area is 168 Å². The zero-order chi connectivity index (χ0) is 20.6. The fourth-order valence-corrected chi connectivity index (χ4v) is 2.90. The second-order valence-electron chi connectivity index (χ2n) is 6.23. The Bertz CT molecular complexity index is 1150. The SMILES string of the molecule is CC(NC(=O)/C(C#N)=C/c1c[nH]c2ncccc12)c1ccccc1N=CC=CN. The summed E-state index contributed by atoms with van der Waals surface area (Å²) in [5.41, 5.74) is 8.30. The zero-order valence-electron chi connectivity index (χ0n) is 15.8. The first-order chi connectivity index (χ1) is 14.1. The Morgan fingerprint density at radius 2 is 2.17 bits per heavy atom. The Hall–Kier alpha value is -4.18. The van der Waals surface area contributed by atoms with Crippen LogP contribution >= 0.6 is 0 Å². The Morgan fingerprint density at radius 1 is 1.34 bits per heavy atom. The quantitative estimate of drug-likeness (QED) is 0.342. The summed E-state index contributed by atoms with van der Waals surface area (Å²) in [6, 6.07) is 12.8. The lowest BCUT2D eigenvalue weighted by Gasteiger charge is -2.16. The number of benzene rings is 1. The lowest BCUT2D eigenvalue weighted by Crippen LogP contribution is -2.27. The van der Waals surface area contributed by atoms with E-state index in [4.69, 9.17) is 5.73 Å². The van der Waals surface area contributed by atoms with Crippen LogP contribution in [0.1, 0.15) is 24.1 Å². The summed E-state index contributed by atoms with van der Waals surface area (Å²) in [5.74, 6) is -0.459. The number of amides is 1. The maximum Gasteiger partial charge on any atom is 0.262 e. The van der Waals surface area contributed by atoms with E-state index in [9.17, 15) is 10.1 Å². The van der Waals surface area contributed by atoms with Gasteiger partial charge in [-0.05, 0) is 49.0 Å². The van der Waals surface area contributed by atoms with Crippen molar-refractivity contribution in [2.24, 2.45) is 10.7 Å². The lowest BCUT2D eigenvalue weighted by molar-refractivity contribution is -0.117. The summed E-state index contributed by atoms with van der Waals surface area (Å²) in [6.07, 6.45) is 9.54. The normalized spacial score (nSPS) is 13.0. The maximum absolute atomic E-state index is 12.7. The smallest absolute Gasteiger partial charge is 0.262 e. The third kappa shape index (κ3) is 4.57. The van der Waals surface area contributed by atoms with Crippen molar-refractivity contribution >= 4 is 34.9 Å². The number of nitrogens with two attached hydrogens (primary N) is 1. The van der Waals surface area contributed by atoms with Gasteiger partial charge in [0.2, 0.25) is 0 Å². The highest BCUT2D eigenvalue weighted by atomic mass is 16.1. The minimum absolute atomic E-state index is 0.00801. The van der Waals surface area contributed by atoms with Crippen LogP contribution in [0.2, 0.25) is 0 Å². The number of H-pyrrole nitrogens is 1. The number of nitriles is 1. The van der Waals surface area contributed by atoms with Crippen molar-refractivity contribution in [2.45, 2.75) is 13.0 Å². The molecule has 144 valence electrons. The monoisotopic (exact) mass is 384 g/mol. The predicted octanol–water partition coefficient (Wildman–Crippen LogP) is 3.52. The molecular formula is C22H20N6O. The van der Waals surface area contributed by atoms with Crippen LogP contribution in [-0.2, 0) is 4.79 Å². The molecule has 0 aliphatic rings. The molecule has 0 radical (unpaired) electrons. The van der Waals surface area contributed by atoms with E-state index in [0.29, 0.717) is 11.3 Å². The third-order valence-electron chi connectivity index (χ3n) is 4.31. The largest absolute Gasteiger partial charge is 0.405 e. The number of rotatable bonds is 6. The van der Waals surface area contributed by atoms with Gasteiger partial charge >= 0.3 is 0 Å². The topological polar surface area (TPSA) is 120 Å². The van der Waals surface area contributed by atoms with E-state index in [0.717, 1.165) is 16.5 Å². The highest BCUT2D eigenvalue weighted by molar-refractivity contribution is 6.03. The van der Waals surface area contributed by atoms with Crippen molar-refractivity contribution in [2.75, 3.05) is 0 Å². The van der Waals surface area contributed by atoms with Gasteiger partial charge in [0, 0.05) is 29.6 Å². The van der Waals surface area contributed by atoms with E-state index in [1.165, 1.54) is 6.20 Å². The molecular weight excluding hydrogens is 364 g/mol. The summed E-state index contributed by atoms with van der Waals surface area (Å²) in [7, 11) is 0. The van der Waals surface area contributed by atoms with Crippen molar-refractivity contribution in [3.05, 3.63) is 77.8 Å². The molecule has 1 unspecified atom stereocenters. The van der Waals surface area contributed by atoms with E-state index < -0.39 is 5.91 Å². The van der Waals surface area contributed by atoms with Crippen LogP contribution in [0, 0.1) is 11.3 Å². The van der Waals surface area contributed by atoms with E-state index in [-0.39, 0.29) is 11.6 Å². The molecule has 7 nitrogen and oxygen atoms in total. The number of hydrogen-bond donors (Lipinski definition) is 3. The molecule has 0 saturated heterocycles. The summed E-state index contributed by atoms with van der Waals surface area (Å²) >= 11 is 0. The highest BCUT2D eigenvalue weighted by Gasteiger charge is 2.16. The molecule has 0 saturated carbocycles. The van der Waals surface area contributed by atoms with Gasteiger partial charge in [-0.3, -0.25) is 9.79 Å². The van der Waals surface area contributed by atoms with Crippen LogP contribution in [0.15, 0.2) is 71.6 Å². The number of carbonyl (C=O) groups is 1. The molecule has 1 atom stereocenters. The van der Waals surface area contributed by atoms with E-state index in [1.807, 2.05) is 43.3 Å². The third-order valence-corrected chi connectivity index (χ3v) is 4.31. The number of aromatic amines is 1. The molecule has 1 amide bonds. The summed E-state index contributed by atoms with van der Waals surface area (Å²) in [4.78, 5) is 24.3. The van der Waals surface area contributed by atoms with Gasteiger partial charge in [-0.25, -0.2) is 4.98 Å². The van der Waals surface area contributed by atoms with Crippen molar-refractivity contribution < 1.29 is 4.79 Å². The van der Waals surface area contributed by atoms with E-state index in [2.05, 4.69) is 20.3 Å². The van der Waals surface area contributed by atoms with E-state index >= 15 is 0 Å². The molecule has 0 fully saturated rings. The van der Waals surface area contributed by atoms with Crippen LogP contribution in [0.25, 0.3) is 17.1 Å². The second kappa shape index (κ2) is 9.15. The van der Waals surface area contributed by atoms with Gasteiger partial charge in [-0.15, -0.1) is 0 Å². The molecule has 2 heterocycles. The van der Waals surface area contributed by atoms with Crippen LogP contribution in [0.4, 0.5) is 5.69 Å². The van der Waals surface area contributed by atoms with Crippen LogP contribution in [0.5, 0.6) is 0 Å². The first-order valence-electron chi connectivity index (χ1n) is 8.98. The number of para-hydroxylation sites is 1. The average Bonchev–Trinajstić information content (AvgIpc) is 3.15. The molecule has 4 N–H and O–H groups in total. The van der Waals surface area contributed by atoms with Crippen LogP contribution < -0.4 is 11.1 Å². The highest BCUT2D eigenvalue weighted by Crippen LogP contribution is 2.25. The van der Waals surface area contributed by atoms with Gasteiger partial charge in [0.15, 0.2) is 0 Å². The second-order valence-corrected chi connectivity index (χ2v) is 6.23. The summed E-state index contributed by atoms with van der Waals surface area (Å²) in [5, 5.41) is 13.2. The van der Waals surface area contributed by atoms with Gasteiger partial charge in [0.1, 0.15) is 17.3 Å². The van der Waals surface area contributed by atoms with Crippen molar-refractivity contribution in [3.8, 4) is 6.07 Å². The van der Waals surface area contributed by atoms with Gasteiger partial charge in [-0.2, -0.15) is 5.26 Å². The van der Waals surface area contributed by atoms with Gasteiger partial charge < -0.3 is 16.0 Å². The van der Waals surface area contributed by atoms with E-state index in [1.54, 1.807) is 36.8 Å². The van der Waals surface area contributed by atoms with Crippen LogP contribution in [0.3, 0.4) is 0 Å². The molecule has 7 heteroatoms. The van der Waals surface area contributed by atoms with Crippen molar-refractivity contribution in [1.82, 2.24) is 15.3 Å². The number of aromatic nitrogens is 2. The molecule has 3 rings (SSSR count). The van der Waals surface area contributed by atoms with Crippen molar-refractivity contribution in [3.63, 3.8) is 0 Å². The average molecular weight is 384 g/mol. The Balaban J connectivity index is 1.83. The van der Waals surface area contributed by atoms with Gasteiger partial charge in [-0.1, -0.05) is 18.2 Å².